The van der Waals surface area contributed by atoms with Gasteiger partial charge in [0.05, 0.1) is 6.04 Å². The molecule has 2 heterocycles. The SMILES string of the molecule is CC(=O)N[C@@H](CCCN=C(N)N)C(=O)N[C@H]1CCC(=O)NCCC[C@@H](C(N)=O)NC(=O)[C@H](Cc2c[nH]c3ccccc23)CC(=O)[C@H](CCCN=C(N)N)CC(=O)[C@@H](Cc2cccc(C)c2)NC(=O)[C@H](CCN)NC1=O. The number of aryl methyl sites for hydroxylation is 1. The number of aromatic amines is 1. The highest BCUT2D eigenvalue weighted by Gasteiger charge is 2.35. The number of aliphatic imine (C=N–C) groups is 2. The van der Waals surface area contributed by atoms with Crippen LogP contribution in [-0.4, -0.2) is 126 Å². The predicted octanol–water partition coefficient (Wildman–Crippen LogP) is -1.51. The molecule has 4 rings (SSSR count). The standard InChI is InChI=1S/C51H75N15O9/c1-29-9-5-10-31(23-29)24-41-43(69)26-32(11-6-21-59-50(54)55)42(68)27-33(25-34-28-61-36-13-4-3-12-35(34)36)46(72)63-37(45(53)71)14-7-20-58-44(70)17-16-39(48(74)65-40(18-19-52)49(75)66-41)64-47(73)38(62-30(2)67)15-8-22-60-51(56)57/h3-5,9-10,12-13,23,28,32-33,37-41,61H,6-8,11,14-22,24-27,52H2,1-2H3,(H2,53,71)(H,58,70)(H,62,67)(H,63,72)(H,64,73)(H,65,74)(H,66,75)(H4,54,55,59)(H4,56,57,60)/t32-,33-,37+,38+,39+,40+,41-/m1/s1. The maximum absolute atomic E-state index is 14.8. The van der Waals surface area contributed by atoms with Gasteiger partial charge < -0.3 is 71.3 Å². The van der Waals surface area contributed by atoms with Gasteiger partial charge in [-0.3, -0.25) is 53.1 Å². The number of H-pyrrole nitrogens is 1. The molecule has 24 heteroatoms. The molecule has 7 atom stereocenters. The van der Waals surface area contributed by atoms with Gasteiger partial charge in [-0.2, -0.15) is 0 Å². The Morgan fingerprint density at radius 3 is 2.13 bits per heavy atom. The number of carbonyl (C=O) groups is 9. The first kappa shape index (κ1) is 59.7. The van der Waals surface area contributed by atoms with Crippen LogP contribution < -0.4 is 66.3 Å². The number of aromatic nitrogens is 1. The van der Waals surface area contributed by atoms with Gasteiger partial charge in [-0.15, -0.1) is 0 Å². The third kappa shape index (κ3) is 20.5. The van der Waals surface area contributed by atoms with E-state index in [0.717, 1.165) is 22.0 Å². The number of carbonyl (C=O) groups excluding carboxylic acids is 9. The van der Waals surface area contributed by atoms with Crippen LogP contribution in [0.1, 0.15) is 94.2 Å². The molecule has 0 aliphatic carbocycles. The number of Topliss-reactive ketones (excluding diaryl/α,β-unsaturated/α-hetero) is 2. The van der Waals surface area contributed by atoms with Gasteiger partial charge in [0, 0.05) is 74.8 Å². The van der Waals surface area contributed by atoms with Crippen molar-refractivity contribution in [1.82, 2.24) is 36.9 Å². The fraction of sp³-hybridized carbons (Fsp3) is 0.510. The number of fused-ring (bicyclic) bond motifs is 1. The van der Waals surface area contributed by atoms with Crippen LogP contribution in [0.25, 0.3) is 10.9 Å². The maximum atomic E-state index is 14.8. The molecule has 0 spiro atoms. The zero-order chi connectivity index (χ0) is 55.0. The van der Waals surface area contributed by atoms with Gasteiger partial charge in [-0.25, -0.2) is 0 Å². The molecule has 7 amide bonds. The van der Waals surface area contributed by atoms with Gasteiger partial charge in [0.1, 0.15) is 30.0 Å². The molecule has 0 unspecified atom stereocenters. The van der Waals surface area contributed by atoms with Crippen molar-refractivity contribution in [2.75, 3.05) is 26.2 Å². The highest BCUT2D eigenvalue weighted by atomic mass is 16.2. The second kappa shape index (κ2) is 30.3. The zero-order valence-corrected chi connectivity index (χ0v) is 42.8. The van der Waals surface area contributed by atoms with Crippen molar-refractivity contribution in [2.45, 2.75) is 128 Å². The normalized spacial score (nSPS) is 21.3. The average Bonchev–Trinajstić information content (AvgIpc) is 3.76. The summed E-state index contributed by atoms with van der Waals surface area (Å²) in [6.07, 6.45) is 1.18. The van der Waals surface area contributed by atoms with Crippen molar-refractivity contribution in [1.29, 1.82) is 0 Å². The molecule has 1 aliphatic rings. The van der Waals surface area contributed by atoms with Crippen molar-refractivity contribution < 1.29 is 43.2 Å². The average molecular weight is 1040 g/mol. The number of ketones is 2. The summed E-state index contributed by atoms with van der Waals surface area (Å²) >= 11 is 0. The van der Waals surface area contributed by atoms with Crippen LogP contribution >= 0.6 is 0 Å². The molecule has 3 aromatic rings. The highest BCUT2D eigenvalue weighted by Crippen LogP contribution is 2.26. The van der Waals surface area contributed by atoms with E-state index >= 15 is 0 Å². The van der Waals surface area contributed by atoms with Crippen LogP contribution in [0, 0.1) is 18.8 Å². The molecule has 0 radical (unpaired) electrons. The summed E-state index contributed by atoms with van der Waals surface area (Å²) in [6.45, 7) is 3.23. The predicted molar refractivity (Wildman–Crippen MR) is 283 cm³/mol. The van der Waals surface area contributed by atoms with Gasteiger partial charge in [-0.1, -0.05) is 48.0 Å². The molecule has 19 N–H and O–H groups in total. The number of nitrogens with two attached hydrogens (primary N) is 6. The van der Waals surface area contributed by atoms with E-state index < -0.39 is 95.0 Å². The van der Waals surface area contributed by atoms with E-state index in [0.29, 0.717) is 5.56 Å². The third-order valence-electron chi connectivity index (χ3n) is 12.8. The van der Waals surface area contributed by atoms with E-state index in [-0.39, 0.29) is 122 Å². The molecule has 0 bridgehead atoms. The summed E-state index contributed by atoms with van der Waals surface area (Å²) in [5.41, 5.74) is 36.9. The molecule has 2 aromatic carbocycles. The number of hydrogen-bond acceptors (Lipinski definition) is 12. The van der Waals surface area contributed by atoms with Crippen molar-refractivity contribution in [3.8, 4) is 0 Å². The Labute approximate surface area is 435 Å². The summed E-state index contributed by atoms with van der Waals surface area (Å²) in [7, 11) is 0. The molecule has 1 aromatic heterocycles. The summed E-state index contributed by atoms with van der Waals surface area (Å²) in [5, 5.41) is 16.9. The quantitative estimate of drug-likeness (QED) is 0.0392. The minimum atomic E-state index is -1.45. The lowest BCUT2D eigenvalue weighted by Crippen LogP contribution is -2.58. The minimum absolute atomic E-state index is 0.00226. The van der Waals surface area contributed by atoms with Crippen LogP contribution in [0.3, 0.4) is 0 Å². The second-order valence-corrected chi connectivity index (χ2v) is 18.9. The van der Waals surface area contributed by atoms with Crippen LogP contribution in [0.5, 0.6) is 0 Å². The smallest absolute Gasteiger partial charge is 0.243 e. The lowest BCUT2D eigenvalue weighted by molar-refractivity contribution is -0.135. The topological polar surface area (TPSA) is 422 Å². The van der Waals surface area contributed by atoms with Crippen LogP contribution in [0.15, 0.2) is 64.7 Å². The van der Waals surface area contributed by atoms with Gasteiger partial charge >= 0.3 is 0 Å². The largest absolute Gasteiger partial charge is 0.370 e. The van der Waals surface area contributed by atoms with Gasteiger partial charge in [0.25, 0.3) is 0 Å². The molecule has 0 saturated carbocycles. The number of nitrogens with one attached hydrogen (secondary N) is 7. The first-order chi connectivity index (χ1) is 35.7. The van der Waals surface area contributed by atoms with E-state index in [1.165, 1.54) is 6.92 Å². The van der Waals surface area contributed by atoms with Crippen molar-refractivity contribution in [3.05, 3.63) is 71.4 Å². The van der Waals surface area contributed by atoms with E-state index in [1.807, 2.05) is 43.3 Å². The molecular formula is C51H75N15O9. The Kier molecular flexibility index (Phi) is 24.1. The summed E-state index contributed by atoms with van der Waals surface area (Å²) < 4.78 is 0. The van der Waals surface area contributed by atoms with Crippen LogP contribution in [0.4, 0.5) is 0 Å². The number of benzene rings is 2. The molecule has 1 saturated heterocycles. The number of hydrogen-bond donors (Lipinski definition) is 13. The number of amides is 7. The Balaban J connectivity index is 1.77. The van der Waals surface area contributed by atoms with Crippen molar-refractivity contribution in [2.24, 2.45) is 56.2 Å². The second-order valence-electron chi connectivity index (χ2n) is 18.9. The van der Waals surface area contributed by atoms with E-state index in [9.17, 15) is 43.2 Å². The number of rotatable bonds is 18. The summed E-state index contributed by atoms with van der Waals surface area (Å²) in [5.74, 6) is -8.40. The number of para-hydroxylation sites is 1. The number of nitrogens with zero attached hydrogens (tertiary/aromatic N) is 2. The Morgan fingerprint density at radius 2 is 1.45 bits per heavy atom. The fourth-order valence-corrected chi connectivity index (χ4v) is 8.87. The van der Waals surface area contributed by atoms with E-state index in [4.69, 9.17) is 34.4 Å². The lowest BCUT2D eigenvalue weighted by Gasteiger charge is -2.27. The molecular weight excluding hydrogens is 967 g/mol. The molecule has 24 nitrogen and oxygen atoms in total. The summed E-state index contributed by atoms with van der Waals surface area (Å²) in [4.78, 5) is 136. The molecule has 75 heavy (non-hydrogen) atoms. The number of guanidine groups is 2. The number of primary amides is 1. The van der Waals surface area contributed by atoms with Crippen molar-refractivity contribution in [3.63, 3.8) is 0 Å². The molecule has 408 valence electrons. The first-order valence-corrected chi connectivity index (χ1v) is 25.3. The van der Waals surface area contributed by atoms with Gasteiger partial charge in [0.15, 0.2) is 17.7 Å². The van der Waals surface area contributed by atoms with Gasteiger partial charge in [0.2, 0.25) is 41.4 Å². The van der Waals surface area contributed by atoms with Crippen LogP contribution in [-0.2, 0) is 56.0 Å². The Bertz CT molecular complexity index is 2540. The Morgan fingerprint density at radius 1 is 0.760 bits per heavy atom. The van der Waals surface area contributed by atoms with E-state index in [1.54, 1.807) is 18.3 Å². The molecule has 1 fully saturated rings. The monoisotopic (exact) mass is 1040 g/mol. The van der Waals surface area contributed by atoms with Crippen LogP contribution in [0.2, 0.25) is 0 Å². The lowest BCUT2D eigenvalue weighted by atomic mass is 9.83. The van der Waals surface area contributed by atoms with Crippen molar-refractivity contribution >= 4 is 75.7 Å². The van der Waals surface area contributed by atoms with E-state index in [2.05, 4.69) is 46.9 Å². The highest BCUT2D eigenvalue weighted by molar-refractivity contribution is 5.98. The molecule has 1 aliphatic heterocycles. The first-order valence-electron chi connectivity index (χ1n) is 25.3. The Hall–Kier alpha value is -7.89. The summed E-state index contributed by atoms with van der Waals surface area (Å²) in [6, 6.07) is 8.26. The zero-order valence-electron chi connectivity index (χ0n) is 42.8. The minimum Gasteiger partial charge on any atom is -0.370 e. The fourth-order valence-electron chi connectivity index (χ4n) is 8.87. The maximum Gasteiger partial charge on any atom is 0.243 e. The third-order valence-corrected chi connectivity index (χ3v) is 12.8. The van der Waals surface area contributed by atoms with Gasteiger partial charge in [-0.05, 0) is 94.9 Å².